The number of carbonyl (C=O) groups excluding carboxylic acids is 3. The number of nitrogens with zero attached hydrogens (tertiary/aromatic N) is 1. The van der Waals surface area contributed by atoms with Crippen molar-refractivity contribution in [2.75, 3.05) is 13.1 Å². The Hall–Kier alpha value is -4.75. The first kappa shape index (κ1) is 35.1. The van der Waals surface area contributed by atoms with E-state index in [9.17, 15) is 22.8 Å². The summed E-state index contributed by atoms with van der Waals surface area (Å²) in [6.45, 7) is 0.982. The normalized spacial score (nSPS) is 15.1. The molecule has 0 aliphatic carbocycles. The molecule has 0 spiro atoms. The minimum Gasteiger partial charge on any atom is -0.445 e. The Balaban J connectivity index is 1.34. The third-order valence-corrected chi connectivity index (χ3v) is 9.15. The quantitative estimate of drug-likeness (QED) is 0.0886. The molecule has 1 fully saturated rings. The van der Waals surface area contributed by atoms with Gasteiger partial charge < -0.3 is 26.0 Å². The fourth-order valence-electron chi connectivity index (χ4n) is 5.34. The highest BCUT2D eigenvalue weighted by Crippen LogP contribution is 2.21. The van der Waals surface area contributed by atoms with Gasteiger partial charge in [0.1, 0.15) is 24.5 Å². The van der Waals surface area contributed by atoms with Gasteiger partial charge in [0, 0.05) is 25.2 Å². The fraction of sp³-hybridized carbons (Fsp3) is 0.353. The molecule has 13 heteroatoms. The molecule has 1 saturated heterocycles. The lowest BCUT2D eigenvalue weighted by Gasteiger charge is -2.29. The first-order valence-corrected chi connectivity index (χ1v) is 17.3. The molecule has 250 valence electrons. The molecular formula is C34H42N6O6S. The molecule has 3 amide bonds. The predicted molar refractivity (Wildman–Crippen MR) is 179 cm³/mol. The van der Waals surface area contributed by atoms with Crippen LogP contribution in [0.4, 0.5) is 4.79 Å². The Kier molecular flexibility index (Phi) is 12.9. The highest BCUT2D eigenvalue weighted by molar-refractivity contribution is 7.88. The van der Waals surface area contributed by atoms with Gasteiger partial charge in [0.15, 0.2) is 0 Å². The van der Waals surface area contributed by atoms with Crippen LogP contribution >= 0.6 is 0 Å². The number of hydrogen-bond donors (Lipinski definition) is 5. The Bertz CT molecular complexity index is 1600. The molecule has 1 aliphatic rings. The van der Waals surface area contributed by atoms with Gasteiger partial charge in [-0.15, -0.1) is 0 Å². The molecule has 1 aliphatic heterocycles. The molecule has 1 heterocycles. The van der Waals surface area contributed by atoms with Crippen molar-refractivity contribution in [2.45, 2.75) is 63.1 Å². The van der Waals surface area contributed by atoms with Gasteiger partial charge in [0.2, 0.25) is 21.8 Å². The van der Waals surface area contributed by atoms with Crippen molar-refractivity contribution in [1.29, 1.82) is 5.41 Å². The van der Waals surface area contributed by atoms with Gasteiger partial charge in [-0.05, 0) is 48.8 Å². The first-order valence-electron chi connectivity index (χ1n) is 15.6. The number of benzene rings is 3. The van der Waals surface area contributed by atoms with Gasteiger partial charge >= 0.3 is 6.09 Å². The molecule has 0 radical (unpaired) electrons. The van der Waals surface area contributed by atoms with Gasteiger partial charge in [-0.1, -0.05) is 84.9 Å². The van der Waals surface area contributed by atoms with Crippen molar-refractivity contribution in [2.24, 2.45) is 5.73 Å². The minimum absolute atomic E-state index is 0.0488. The number of nitrogen functional groups attached to an aromatic ring is 1. The topological polar surface area (TPSA) is 184 Å². The Labute approximate surface area is 275 Å². The highest BCUT2D eigenvalue weighted by atomic mass is 32.2. The van der Waals surface area contributed by atoms with Crippen LogP contribution in [0.1, 0.15) is 54.4 Å². The van der Waals surface area contributed by atoms with E-state index in [-0.39, 0.29) is 43.6 Å². The molecule has 0 unspecified atom stereocenters. The predicted octanol–water partition coefficient (Wildman–Crippen LogP) is 3.16. The summed E-state index contributed by atoms with van der Waals surface area (Å²) in [4.78, 5) is 40.6. The second kappa shape index (κ2) is 17.2. The number of alkyl carbamates (subject to hydrolysis) is 1. The van der Waals surface area contributed by atoms with E-state index in [4.69, 9.17) is 15.9 Å². The highest BCUT2D eigenvalue weighted by Gasteiger charge is 2.38. The van der Waals surface area contributed by atoms with Crippen LogP contribution in [-0.2, 0) is 43.3 Å². The van der Waals surface area contributed by atoms with Gasteiger partial charge in [-0.3, -0.25) is 15.0 Å². The zero-order valence-corrected chi connectivity index (χ0v) is 27.0. The summed E-state index contributed by atoms with van der Waals surface area (Å²) in [6.07, 6.45) is 1.60. The maximum absolute atomic E-state index is 13.9. The molecule has 0 saturated carbocycles. The van der Waals surface area contributed by atoms with Crippen molar-refractivity contribution < 1.29 is 27.5 Å². The van der Waals surface area contributed by atoms with E-state index >= 15 is 0 Å². The number of sulfonamides is 1. The van der Waals surface area contributed by atoms with Crippen LogP contribution in [0.15, 0.2) is 84.9 Å². The maximum atomic E-state index is 13.9. The molecule has 6 N–H and O–H groups in total. The van der Waals surface area contributed by atoms with E-state index in [1.54, 1.807) is 54.6 Å². The van der Waals surface area contributed by atoms with E-state index in [2.05, 4.69) is 15.4 Å². The lowest BCUT2D eigenvalue weighted by atomic mass is 10.1. The van der Waals surface area contributed by atoms with Crippen molar-refractivity contribution in [1.82, 2.24) is 20.3 Å². The molecule has 12 nitrogen and oxygen atoms in total. The van der Waals surface area contributed by atoms with Crippen LogP contribution < -0.4 is 21.1 Å². The van der Waals surface area contributed by atoms with E-state index in [1.165, 1.54) is 4.90 Å². The monoisotopic (exact) mass is 662 g/mol. The van der Waals surface area contributed by atoms with Crippen LogP contribution in [0.2, 0.25) is 0 Å². The number of ether oxygens (including phenoxy) is 1. The van der Waals surface area contributed by atoms with Gasteiger partial charge in [0.05, 0.1) is 5.75 Å². The summed E-state index contributed by atoms with van der Waals surface area (Å²) < 4.78 is 34.2. The summed E-state index contributed by atoms with van der Waals surface area (Å²) in [5.41, 5.74) is 8.34. The third kappa shape index (κ3) is 11.2. The van der Waals surface area contributed by atoms with E-state index in [0.717, 1.165) is 11.1 Å². The molecular weight excluding hydrogens is 620 g/mol. The van der Waals surface area contributed by atoms with E-state index in [0.29, 0.717) is 43.4 Å². The third-order valence-electron chi connectivity index (χ3n) is 7.79. The fourth-order valence-corrected chi connectivity index (χ4v) is 6.70. The number of rotatable bonds is 16. The summed E-state index contributed by atoms with van der Waals surface area (Å²) >= 11 is 0. The molecule has 0 bridgehead atoms. The van der Waals surface area contributed by atoms with Crippen LogP contribution in [0, 0.1) is 5.41 Å². The summed E-state index contributed by atoms with van der Waals surface area (Å²) in [6, 6.07) is 23.1. The molecule has 2 atom stereocenters. The number of amides is 3. The Morgan fingerprint density at radius 1 is 0.894 bits per heavy atom. The Morgan fingerprint density at radius 2 is 1.55 bits per heavy atom. The number of nitrogens with one attached hydrogen (secondary N) is 4. The number of unbranched alkanes of at least 4 members (excludes halogenated alkanes) is 1. The van der Waals surface area contributed by atoms with Gasteiger partial charge in [-0.2, -0.15) is 0 Å². The zero-order chi connectivity index (χ0) is 33.6. The molecule has 4 rings (SSSR count). The zero-order valence-electron chi connectivity index (χ0n) is 26.2. The summed E-state index contributed by atoms with van der Waals surface area (Å²) in [5.74, 6) is -1.12. The molecule has 47 heavy (non-hydrogen) atoms. The number of amidine groups is 1. The van der Waals surface area contributed by atoms with Crippen LogP contribution in [-0.4, -0.2) is 62.2 Å². The van der Waals surface area contributed by atoms with Crippen molar-refractivity contribution in [3.05, 3.63) is 107 Å². The van der Waals surface area contributed by atoms with Gasteiger partial charge in [0.25, 0.3) is 0 Å². The Morgan fingerprint density at radius 3 is 2.21 bits per heavy atom. The summed E-state index contributed by atoms with van der Waals surface area (Å²) in [5, 5.41) is 13.1. The number of hydrogen-bond acceptors (Lipinski definition) is 7. The lowest BCUT2D eigenvalue weighted by molar-refractivity contribution is -0.139. The number of nitrogens with two attached hydrogens (primary N) is 1. The van der Waals surface area contributed by atoms with Gasteiger partial charge in [-0.25, -0.2) is 17.9 Å². The summed E-state index contributed by atoms with van der Waals surface area (Å²) in [7, 11) is -3.90. The van der Waals surface area contributed by atoms with E-state index in [1.807, 2.05) is 30.3 Å². The van der Waals surface area contributed by atoms with Crippen LogP contribution in [0.5, 0.6) is 0 Å². The van der Waals surface area contributed by atoms with Crippen molar-refractivity contribution >= 4 is 33.8 Å². The number of likely N-dealkylation sites (tertiary alicyclic amines) is 1. The SMILES string of the molecule is N=C(N)c1ccc(CNC(=O)[C@@H]2CCCN2C(=O)[C@@H](CCCCNC(=O)OCc2ccccc2)NS(=O)(=O)Cc2ccccc2)cc1. The molecule has 3 aromatic carbocycles. The van der Waals surface area contributed by atoms with Crippen LogP contribution in [0.25, 0.3) is 0 Å². The first-order chi connectivity index (χ1) is 22.6. The standard InChI is InChI=1S/C34H42N6O6S/c35-31(36)28-18-16-25(17-19-28)22-38-32(41)30-15-9-21-40(30)33(42)29(39-47(44,45)24-27-12-5-2-6-13-27)14-7-8-20-37-34(43)46-23-26-10-3-1-4-11-26/h1-6,10-13,16-19,29-30,39H,7-9,14-15,20-24H2,(H3,35,36)(H,37,43)(H,38,41)/t29-,30+/m1/s1. The number of carbonyl (C=O) groups is 3. The lowest BCUT2D eigenvalue weighted by Crippen LogP contribution is -2.53. The second-order valence-corrected chi connectivity index (χ2v) is 13.2. The maximum Gasteiger partial charge on any atom is 0.407 e. The average molecular weight is 663 g/mol. The largest absolute Gasteiger partial charge is 0.445 e. The average Bonchev–Trinajstić information content (AvgIpc) is 3.56. The van der Waals surface area contributed by atoms with Crippen molar-refractivity contribution in [3.8, 4) is 0 Å². The second-order valence-electron chi connectivity index (χ2n) is 11.4. The van der Waals surface area contributed by atoms with Crippen LogP contribution in [0.3, 0.4) is 0 Å². The minimum atomic E-state index is -3.90. The molecule has 0 aromatic heterocycles. The molecule has 3 aromatic rings. The van der Waals surface area contributed by atoms with Crippen molar-refractivity contribution in [3.63, 3.8) is 0 Å². The smallest absolute Gasteiger partial charge is 0.407 e. The van der Waals surface area contributed by atoms with E-state index < -0.39 is 34.1 Å².